The van der Waals surface area contributed by atoms with Crippen LogP contribution in [0, 0.1) is 19.7 Å². The lowest BCUT2D eigenvalue weighted by molar-refractivity contribution is 0.628. The third-order valence-electron chi connectivity index (χ3n) is 2.66. The van der Waals surface area contributed by atoms with Crippen molar-refractivity contribution >= 4 is 40.3 Å². The maximum atomic E-state index is 13.0. The van der Waals surface area contributed by atoms with Gasteiger partial charge in [-0.15, -0.1) is 0 Å². The van der Waals surface area contributed by atoms with E-state index in [0.29, 0.717) is 10.8 Å². The lowest BCUT2D eigenvalue weighted by Crippen LogP contribution is -2.19. The topological polar surface area (TPSA) is 24.1 Å². The number of hydrogen-bond donors (Lipinski definition) is 2. The second kappa shape index (κ2) is 6.20. The summed E-state index contributed by atoms with van der Waals surface area (Å²) in [4.78, 5) is 0. The molecular weight excluding hydrogens is 295 g/mol. The number of hydrogen-bond acceptors (Lipinski definition) is 1. The van der Waals surface area contributed by atoms with Crippen LogP contribution in [0.25, 0.3) is 0 Å². The van der Waals surface area contributed by atoms with Crippen LogP contribution in [-0.2, 0) is 0 Å². The third-order valence-corrected chi connectivity index (χ3v) is 3.18. The summed E-state index contributed by atoms with van der Waals surface area (Å²) in [6, 6.07) is 10.2. The number of aryl methyl sites for hydroxylation is 2. The van der Waals surface area contributed by atoms with E-state index < -0.39 is 0 Å². The van der Waals surface area contributed by atoms with Crippen molar-refractivity contribution in [2.24, 2.45) is 0 Å². The quantitative estimate of drug-likeness (QED) is 0.771. The number of rotatable bonds is 2. The first-order valence-electron chi connectivity index (χ1n) is 6.05. The fourth-order valence-electron chi connectivity index (χ4n) is 1.92. The fraction of sp³-hybridized carbons (Fsp3) is 0.133. The van der Waals surface area contributed by atoms with Crippen LogP contribution >= 0.6 is 23.8 Å². The van der Waals surface area contributed by atoms with E-state index in [1.54, 1.807) is 6.07 Å². The van der Waals surface area contributed by atoms with Gasteiger partial charge in [0, 0.05) is 5.69 Å². The lowest BCUT2D eigenvalue weighted by Gasteiger charge is -2.12. The Balaban J connectivity index is 2.09. The average molecular weight is 309 g/mol. The van der Waals surface area contributed by atoms with Crippen molar-refractivity contribution in [2.45, 2.75) is 13.8 Å². The molecule has 0 bridgehead atoms. The second-order valence-electron chi connectivity index (χ2n) is 4.58. The Morgan fingerprint density at radius 2 is 1.70 bits per heavy atom. The van der Waals surface area contributed by atoms with Gasteiger partial charge in [0.1, 0.15) is 5.82 Å². The SMILES string of the molecule is Cc1cc(C)cc(NC(=S)Nc2ccc(F)cc2Cl)c1. The van der Waals surface area contributed by atoms with Crippen molar-refractivity contribution in [2.75, 3.05) is 10.6 Å². The smallest absolute Gasteiger partial charge is 0.175 e. The molecule has 0 amide bonds. The Hall–Kier alpha value is -1.65. The molecule has 0 saturated carbocycles. The average Bonchev–Trinajstić information content (AvgIpc) is 2.31. The van der Waals surface area contributed by atoms with Crippen LogP contribution < -0.4 is 10.6 Å². The Kier molecular flexibility index (Phi) is 4.57. The first kappa shape index (κ1) is 14.8. The van der Waals surface area contributed by atoms with Gasteiger partial charge in [0.25, 0.3) is 0 Å². The summed E-state index contributed by atoms with van der Waals surface area (Å²) in [5.74, 6) is -0.381. The molecule has 0 aliphatic rings. The van der Waals surface area contributed by atoms with Crippen LogP contribution in [0.2, 0.25) is 5.02 Å². The van der Waals surface area contributed by atoms with E-state index in [1.165, 1.54) is 12.1 Å². The number of anilines is 2. The maximum absolute atomic E-state index is 13.0. The van der Waals surface area contributed by atoms with Gasteiger partial charge in [0.05, 0.1) is 10.7 Å². The molecule has 0 aliphatic carbocycles. The summed E-state index contributed by atoms with van der Waals surface area (Å²) in [5.41, 5.74) is 3.76. The summed E-state index contributed by atoms with van der Waals surface area (Å²) in [7, 11) is 0. The minimum absolute atomic E-state index is 0.287. The van der Waals surface area contributed by atoms with Crippen LogP contribution in [0.5, 0.6) is 0 Å². The molecule has 2 N–H and O–H groups in total. The first-order valence-corrected chi connectivity index (χ1v) is 6.84. The van der Waals surface area contributed by atoms with Gasteiger partial charge in [0.15, 0.2) is 5.11 Å². The minimum Gasteiger partial charge on any atom is -0.332 e. The summed E-state index contributed by atoms with van der Waals surface area (Å²) < 4.78 is 13.0. The molecule has 5 heteroatoms. The first-order chi connectivity index (χ1) is 9.44. The number of benzene rings is 2. The van der Waals surface area contributed by atoms with Gasteiger partial charge in [-0.25, -0.2) is 4.39 Å². The molecule has 2 nitrogen and oxygen atoms in total. The molecular formula is C15H14ClFN2S. The number of thiocarbonyl (C=S) groups is 1. The van der Waals surface area contributed by atoms with Crippen LogP contribution in [-0.4, -0.2) is 5.11 Å². The van der Waals surface area contributed by atoms with E-state index >= 15 is 0 Å². The fourth-order valence-corrected chi connectivity index (χ4v) is 2.36. The summed E-state index contributed by atoms with van der Waals surface area (Å²) >= 11 is 11.2. The second-order valence-corrected chi connectivity index (χ2v) is 5.40. The largest absolute Gasteiger partial charge is 0.332 e. The Bertz CT molecular complexity index is 638. The summed E-state index contributed by atoms with van der Waals surface area (Å²) in [5, 5.41) is 6.72. The van der Waals surface area contributed by atoms with Crippen molar-refractivity contribution in [3.05, 3.63) is 58.4 Å². The van der Waals surface area contributed by atoms with Gasteiger partial charge < -0.3 is 10.6 Å². The predicted octanol–water partition coefficient (Wildman–Crippen LogP) is 4.90. The van der Waals surface area contributed by atoms with Gasteiger partial charge in [-0.3, -0.25) is 0 Å². The molecule has 0 fully saturated rings. The zero-order valence-corrected chi connectivity index (χ0v) is 12.7. The van der Waals surface area contributed by atoms with Crippen molar-refractivity contribution in [3.63, 3.8) is 0 Å². The van der Waals surface area contributed by atoms with Crippen LogP contribution in [0.1, 0.15) is 11.1 Å². The molecule has 0 heterocycles. The number of halogens is 2. The van der Waals surface area contributed by atoms with Crippen molar-refractivity contribution in [1.29, 1.82) is 0 Å². The molecule has 104 valence electrons. The summed E-state index contributed by atoms with van der Waals surface area (Å²) in [6.07, 6.45) is 0. The molecule has 20 heavy (non-hydrogen) atoms. The molecule has 0 unspecified atom stereocenters. The highest BCUT2D eigenvalue weighted by Crippen LogP contribution is 2.23. The van der Waals surface area contributed by atoms with Gasteiger partial charge >= 0.3 is 0 Å². The zero-order chi connectivity index (χ0) is 14.7. The molecule has 0 atom stereocenters. The Morgan fingerprint density at radius 1 is 1.05 bits per heavy atom. The van der Waals surface area contributed by atoms with Crippen molar-refractivity contribution in [1.82, 2.24) is 0 Å². The van der Waals surface area contributed by atoms with E-state index in [4.69, 9.17) is 23.8 Å². The highest BCUT2D eigenvalue weighted by Gasteiger charge is 2.05. The maximum Gasteiger partial charge on any atom is 0.175 e. The van der Waals surface area contributed by atoms with E-state index in [0.717, 1.165) is 16.8 Å². The Labute approximate surface area is 128 Å². The van der Waals surface area contributed by atoms with E-state index in [2.05, 4.69) is 16.7 Å². The summed E-state index contributed by atoms with van der Waals surface area (Å²) in [6.45, 7) is 4.04. The van der Waals surface area contributed by atoms with Crippen molar-refractivity contribution < 1.29 is 4.39 Å². The lowest BCUT2D eigenvalue weighted by atomic mass is 10.1. The normalized spacial score (nSPS) is 10.2. The van der Waals surface area contributed by atoms with Gasteiger partial charge in [-0.2, -0.15) is 0 Å². The van der Waals surface area contributed by atoms with Crippen LogP contribution in [0.3, 0.4) is 0 Å². The third kappa shape index (κ3) is 3.92. The minimum atomic E-state index is -0.381. The van der Waals surface area contributed by atoms with Gasteiger partial charge in [-0.1, -0.05) is 17.7 Å². The van der Waals surface area contributed by atoms with Crippen molar-refractivity contribution in [3.8, 4) is 0 Å². The molecule has 0 aromatic heterocycles. The standard InChI is InChI=1S/C15H14ClFN2S/c1-9-5-10(2)7-12(6-9)18-15(20)19-14-4-3-11(17)8-13(14)16/h3-8H,1-2H3,(H2,18,19,20). The molecule has 0 aliphatic heterocycles. The molecule has 2 aromatic carbocycles. The van der Waals surface area contributed by atoms with E-state index in [-0.39, 0.29) is 10.8 Å². The molecule has 2 aromatic rings. The highest BCUT2D eigenvalue weighted by molar-refractivity contribution is 7.80. The Morgan fingerprint density at radius 3 is 2.30 bits per heavy atom. The molecule has 0 saturated heterocycles. The molecule has 2 rings (SSSR count). The van der Waals surface area contributed by atoms with Crippen LogP contribution in [0.4, 0.5) is 15.8 Å². The number of nitrogens with one attached hydrogen (secondary N) is 2. The predicted molar refractivity (Wildman–Crippen MR) is 87.2 cm³/mol. The monoisotopic (exact) mass is 308 g/mol. The van der Waals surface area contributed by atoms with E-state index in [1.807, 2.05) is 26.0 Å². The molecule has 0 radical (unpaired) electrons. The van der Waals surface area contributed by atoms with Gasteiger partial charge in [0.2, 0.25) is 0 Å². The van der Waals surface area contributed by atoms with Crippen LogP contribution in [0.15, 0.2) is 36.4 Å². The van der Waals surface area contributed by atoms with E-state index in [9.17, 15) is 4.39 Å². The zero-order valence-electron chi connectivity index (χ0n) is 11.1. The van der Waals surface area contributed by atoms with Gasteiger partial charge in [-0.05, 0) is 67.5 Å². The highest BCUT2D eigenvalue weighted by atomic mass is 35.5. The molecule has 0 spiro atoms.